The van der Waals surface area contributed by atoms with Crippen LogP contribution in [-0.4, -0.2) is 25.6 Å². The van der Waals surface area contributed by atoms with E-state index >= 15 is 0 Å². The van der Waals surface area contributed by atoms with Crippen LogP contribution in [0.5, 0.6) is 5.75 Å². The Morgan fingerprint density at radius 1 is 1.11 bits per heavy atom. The molecule has 4 aromatic rings. The molecule has 1 aromatic heterocycles. The molecule has 3 aromatic carbocycles. The lowest BCUT2D eigenvalue weighted by Gasteiger charge is -2.27. The minimum absolute atomic E-state index is 0.0282. The Balaban J connectivity index is 1.52. The van der Waals surface area contributed by atoms with E-state index in [4.69, 9.17) is 10.5 Å². The molecule has 1 aliphatic heterocycles. The fourth-order valence-corrected chi connectivity index (χ4v) is 4.15. The van der Waals surface area contributed by atoms with Crippen molar-refractivity contribution in [1.29, 1.82) is 0 Å². The summed E-state index contributed by atoms with van der Waals surface area (Å²) in [6, 6.07) is 22.5. The second kappa shape index (κ2) is 9.34. The van der Waals surface area contributed by atoms with Crippen molar-refractivity contribution in [2.75, 3.05) is 5.32 Å². The number of hydrogen-bond acceptors (Lipinski definition) is 7. The molecule has 0 saturated carbocycles. The SMILES string of the molecule is CC1=C(C(N)=O)C(c2cccc(OCc3ccccc3)c2)n2nc(-c3ccc([N+](=O)[O-])cc3)nc2N1. The Morgan fingerprint density at radius 2 is 1.86 bits per heavy atom. The van der Waals surface area contributed by atoms with E-state index in [0.717, 1.165) is 11.1 Å². The highest BCUT2D eigenvalue weighted by molar-refractivity contribution is 5.95. The molecule has 0 fully saturated rings. The zero-order chi connectivity index (χ0) is 25.2. The van der Waals surface area contributed by atoms with E-state index < -0.39 is 16.9 Å². The summed E-state index contributed by atoms with van der Waals surface area (Å²) in [4.78, 5) is 27.6. The number of nitrogens with one attached hydrogen (secondary N) is 1. The van der Waals surface area contributed by atoms with Crippen LogP contribution in [0.3, 0.4) is 0 Å². The average molecular weight is 483 g/mol. The summed E-state index contributed by atoms with van der Waals surface area (Å²) in [5.74, 6) is 0.825. The highest BCUT2D eigenvalue weighted by Gasteiger charge is 2.33. The van der Waals surface area contributed by atoms with E-state index in [1.165, 1.54) is 12.1 Å². The summed E-state index contributed by atoms with van der Waals surface area (Å²) in [7, 11) is 0. The van der Waals surface area contributed by atoms with Crippen molar-refractivity contribution >= 4 is 17.5 Å². The smallest absolute Gasteiger partial charge is 0.269 e. The predicted octanol–water partition coefficient (Wildman–Crippen LogP) is 4.21. The molecule has 1 aliphatic rings. The third kappa shape index (κ3) is 4.39. The molecule has 3 N–H and O–H groups in total. The molecule has 5 rings (SSSR count). The summed E-state index contributed by atoms with van der Waals surface area (Å²) in [5.41, 5.74) is 9.05. The summed E-state index contributed by atoms with van der Waals surface area (Å²) < 4.78 is 7.59. The van der Waals surface area contributed by atoms with Gasteiger partial charge in [0.2, 0.25) is 11.9 Å². The molecular weight excluding hydrogens is 460 g/mol. The number of amides is 1. The first kappa shape index (κ1) is 22.8. The van der Waals surface area contributed by atoms with Gasteiger partial charge in [0.25, 0.3) is 5.69 Å². The van der Waals surface area contributed by atoms with Crippen molar-refractivity contribution in [3.05, 3.63) is 111 Å². The van der Waals surface area contributed by atoms with E-state index in [0.29, 0.717) is 41.0 Å². The maximum absolute atomic E-state index is 12.5. The Hall–Kier alpha value is -4.99. The van der Waals surface area contributed by atoms with Crippen molar-refractivity contribution in [2.24, 2.45) is 5.73 Å². The van der Waals surface area contributed by atoms with Crippen LogP contribution in [-0.2, 0) is 11.4 Å². The maximum atomic E-state index is 12.5. The Kier molecular flexibility index (Phi) is 5.91. The molecule has 1 amide bonds. The van der Waals surface area contributed by atoms with Crippen molar-refractivity contribution in [1.82, 2.24) is 14.8 Å². The third-order valence-electron chi connectivity index (χ3n) is 5.88. The number of nitro groups is 1. The van der Waals surface area contributed by atoms with Gasteiger partial charge in [0, 0.05) is 23.4 Å². The Labute approximate surface area is 206 Å². The van der Waals surface area contributed by atoms with Gasteiger partial charge < -0.3 is 15.8 Å². The zero-order valence-electron chi connectivity index (χ0n) is 19.3. The molecule has 0 bridgehead atoms. The molecule has 10 nitrogen and oxygen atoms in total. The fraction of sp³-hybridized carbons (Fsp3) is 0.115. The zero-order valence-corrected chi connectivity index (χ0v) is 19.3. The van der Waals surface area contributed by atoms with Gasteiger partial charge in [0.05, 0.1) is 10.5 Å². The molecule has 180 valence electrons. The van der Waals surface area contributed by atoms with E-state index in [1.807, 2.05) is 54.6 Å². The first-order valence-electron chi connectivity index (χ1n) is 11.2. The highest BCUT2D eigenvalue weighted by Crippen LogP contribution is 2.37. The van der Waals surface area contributed by atoms with Gasteiger partial charge in [-0.25, -0.2) is 4.68 Å². The van der Waals surface area contributed by atoms with Crippen molar-refractivity contribution < 1.29 is 14.5 Å². The number of nitro benzene ring substituents is 1. The highest BCUT2D eigenvalue weighted by atomic mass is 16.6. The standard InChI is InChI=1S/C26H22N6O4/c1-16-22(24(27)33)23(19-8-5-9-21(14-19)36-15-17-6-3-2-4-7-17)31-26(28-16)29-25(30-31)18-10-12-20(13-11-18)32(34)35/h2-14,23H,15H2,1H3,(H2,27,33)(H,28,29,30). The average Bonchev–Trinajstić information content (AvgIpc) is 3.31. The minimum Gasteiger partial charge on any atom is -0.489 e. The summed E-state index contributed by atoms with van der Waals surface area (Å²) in [5, 5.41) is 18.7. The Bertz CT molecular complexity index is 1480. The number of primary amides is 1. The van der Waals surface area contributed by atoms with Crippen molar-refractivity contribution in [3.8, 4) is 17.1 Å². The van der Waals surface area contributed by atoms with Crippen molar-refractivity contribution in [3.63, 3.8) is 0 Å². The number of fused-ring (bicyclic) bond motifs is 1. The molecular formula is C26H22N6O4. The molecule has 1 atom stereocenters. The largest absolute Gasteiger partial charge is 0.489 e. The summed E-state index contributed by atoms with van der Waals surface area (Å²) in [6.45, 7) is 2.15. The number of nitrogens with zero attached hydrogens (tertiary/aromatic N) is 4. The van der Waals surface area contributed by atoms with Gasteiger partial charge in [0.15, 0.2) is 5.82 Å². The van der Waals surface area contributed by atoms with Crippen LogP contribution in [0.15, 0.2) is 90.1 Å². The monoisotopic (exact) mass is 482 g/mol. The molecule has 0 saturated heterocycles. The Morgan fingerprint density at radius 3 is 2.56 bits per heavy atom. The summed E-state index contributed by atoms with van der Waals surface area (Å²) in [6.07, 6.45) is 0. The quantitative estimate of drug-likeness (QED) is 0.297. The number of rotatable bonds is 7. The fourth-order valence-electron chi connectivity index (χ4n) is 4.15. The van der Waals surface area contributed by atoms with Gasteiger partial charge in [0.1, 0.15) is 18.4 Å². The van der Waals surface area contributed by atoms with Crippen LogP contribution in [0.1, 0.15) is 24.1 Å². The molecule has 1 unspecified atom stereocenters. The second-order valence-corrected chi connectivity index (χ2v) is 8.28. The number of hydrogen-bond donors (Lipinski definition) is 2. The first-order valence-corrected chi connectivity index (χ1v) is 11.2. The molecule has 36 heavy (non-hydrogen) atoms. The van der Waals surface area contributed by atoms with Crippen LogP contribution < -0.4 is 15.8 Å². The topological polar surface area (TPSA) is 138 Å². The molecule has 0 aliphatic carbocycles. The van der Waals surface area contributed by atoms with E-state index in [9.17, 15) is 14.9 Å². The van der Waals surface area contributed by atoms with Gasteiger partial charge >= 0.3 is 0 Å². The molecule has 10 heteroatoms. The molecule has 0 radical (unpaired) electrons. The van der Waals surface area contributed by atoms with Crippen LogP contribution in [0.25, 0.3) is 11.4 Å². The van der Waals surface area contributed by atoms with Crippen molar-refractivity contribution in [2.45, 2.75) is 19.6 Å². The van der Waals surface area contributed by atoms with E-state index in [1.54, 1.807) is 23.7 Å². The third-order valence-corrected chi connectivity index (χ3v) is 5.88. The number of carbonyl (C=O) groups excluding carboxylic acids is 1. The van der Waals surface area contributed by atoms with E-state index in [-0.39, 0.29) is 5.69 Å². The number of aromatic nitrogens is 3. The normalized spacial score (nSPS) is 14.6. The second-order valence-electron chi connectivity index (χ2n) is 8.28. The van der Waals surface area contributed by atoms with Gasteiger partial charge in [-0.2, -0.15) is 4.98 Å². The lowest BCUT2D eigenvalue weighted by molar-refractivity contribution is -0.384. The number of nitrogens with two attached hydrogens (primary N) is 1. The predicted molar refractivity (Wildman–Crippen MR) is 133 cm³/mol. The van der Waals surface area contributed by atoms with Gasteiger partial charge in [-0.15, -0.1) is 5.10 Å². The lowest BCUT2D eigenvalue weighted by atomic mass is 9.95. The van der Waals surface area contributed by atoms with Gasteiger partial charge in [-0.1, -0.05) is 42.5 Å². The van der Waals surface area contributed by atoms with Gasteiger partial charge in [-0.3, -0.25) is 14.9 Å². The summed E-state index contributed by atoms with van der Waals surface area (Å²) >= 11 is 0. The number of carbonyl (C=O) groups is 1. The van der Waals surface area contributed by atoms with Crippen LogP contribution in [0.2, 0.25) is 0 Å². The van der Waals surface area contributed by atoms with Crippen LogP contribution in [0, 0.1) is 10.1 Å². The number of anilines is 1. The molecule has 0 spiro atoms. The minimum atomic E-state index is -0.640. The first-order chi connectivity index (χ1) is 17.4. The molecule has 2 heterocycles. The number of ether oxygens (including phenoxy) is 1. The van der Waals surface area contributed by atoms with Gasteiger partial charge in [-0.05, 0) is 42.3 Å². The van der Waals surface area contributed by atoms with Crippen LogP contribution in [0.4, 0.5) is 11.6 Å². The maximum Gasteiger partial charge on any atom is 0.269 e. The lowest BCUT2D eigenvalue weighted by Crippen LogP contribution is -2.31. The van der Waals surface area contributed by atoms with E-state index in [2.05, 4.69) is 15.4 Å². The number of benzene rings is 3. The van der Waals surface area contributed by atoms with Crippen LogP contribution >= 0.6 is 0 Å². The number of non-ortho nitro benzene ring substituents is 1. The number of allylic oxidation sites excluding steroid dienone is 1.